The van der Waals surface area contributed by atoms with Crippen LogP contribution in [-0.2, 0) is 13.2 Å². The van der Waals surface area contributed by atoms with Gasteiger partial charge in [-0.05, 0) is 36.9 Å². The summed E-state index contributed by atoms with van der Waals surface area (Å²) in [5, 5.41) is 3.05. The van der Waals surface area contributed by atoms with Crippen molar-refractivity contribution in [1.82, 2.24) is 5.32 Å². The molecule has 0 fully saturated rings. The molecule has 0 atom stereocenters. The fraction of sp³-hybridized carbons (Fsp3) is 0.250. The van der Waals surface area contributed by atoms with E-state index in [0.717, 1.165) is 17.2 Å². The summed E-state index contributed by atoms with van der Waals surface area (Å²) in [4.78, 5) is 0. The molecular weight excluding hydrogens is 276 g/mol. The predicted octanol–water partition coefficient (Wildman–Crippen LogP) is 3.27. The first-order valence-electron chi connectivity index (χ1n) is 6.53. The second-order valence-corrected chi connectivity index (χ2v) is 4.52. The van der Waals surface area contributed by atoms with Gasteiger partial charge in [0.05, 0.1) is 7.11 Å². The molecule has 2 aromatic carbocycles. The predicted molar refractivity (Wildman–Crippen MR) is 76.4 cm³/mol. The fourth-order valence-corrected chi connectivity index (χ4v) is 2.01. The second-order valence-electron chi connectivity index (χ2n) is 4.52. The summed E-state index contributed by atoms with van der Waals surface area (Å²) in [5.74, 6) is -1.38. The van der Waals surface area contributed by atoms with Crippen molar-refractivity contribution in [1.29, 1.82) is 0 Å². The van der Waals surface area contributed by atoms with Gasteiger partial charge in [0, 0.05) is 12.1 Å². The van der Waals surface area contributed by atoms with Crippen LogP contribution in [0.1, 0.15) is 11.1 Å². The summed E-state index contributed by atoms with van der Waals surface area (Å²) in [7, 11) is 3.40. The van der Waals surface area contributed by atoms with Crippen LogP contribution in [0, 0.1) is 11.6 Å². The largest absolute Gasteiger partial charge is 0.496 e. The van der Waals surface area contributed by atoms with Gasteiger partial charge < -0.3 is 14.8 Å². The molecule has 0 aliphatic rings. The Morgan fingerprint density at radius 3 is 2.62 bits per heavy atom. The van der Waals surface area contributed by atoms with Gasteiger partial charge in [-0.3, -0.25) is 0 Å². The Kier molecular flexibility index (Phi) is 5.11. The molecule has 21 heavy (non-hydrogen) atoms. The van der Waals surface area contributed by atoms with Crippen molar-refractivity contribution in [2.45, 2.75) is 13.2 Å². The first kappa shape index (κ1) is 15.3. The van der Waals surface area contributed by atoms with E-state index in [9.17, 15) is 8.78 Å². The highest BCUT2D eigenvalue weighted by Gasteiger charge is 2.11. The Hall–Kier alpha value is -2.14. The molecule has 2 rings (SSSR count). The van der Waals surface area contributed by atoms with E-state index in [1.807, 2.05) is 25.2 Å². The number of nitrogens with one attached hydrogen (secondary N) is 1. The lowest BCUT2D eigenvalue weighted by Crippen LogP contribution is -2.07. The van der Waals surface area contributed by atoms with Crippen molar-refractivity contribution < 1.29 is 18.3 Å². The Balaban J connectivity index is 2.18. The van der Waals surface area contributed by atoms with E-state index in [4.69, 9.17) is 9.47 Å². The van der Waals surface area contributed by atoms with Gasteiger partial charge in [-0.2, -0.15) is 4.39 Å². The van der Waals surface area contributed by atoms with Crippen LogP contribution >= 0.6 is 0 Å². The second kappa shape index (κ2) is 7.04. The van der Waals surface area contributed by atoms with Gasteiger partial charge in [-0.1, -0.05) is 12.1 Å². The lowest BCUT2D eigenvalue weighted by Gasteiger charge is -2.12. The number of hydrogen-bond acceptors (Lipinski definition) is 3. The number of hydrogen-bond donors (Lipinski definition) is 1. The Morgan fingerprint density at radius 1 is 1.10 bits per heavy atom. The van der Waals surface area contributed by atoms with Crippen molar-refractivity contribution in [3.8, 4) is 11.5 Å². The Morgan fingerprint density at radius 2 is 1.90 bits per heavy atom. The first-order chi connectivity index (χ1) is 10.2. The van der Waals surface area contributed by atoms with Crippen LogP contribution in [0.5, 0.6) is 11.5 Å². The van der Waals surface area contributed by atoms with Crippen LogP contribution in [0.4, 0.5) is 8.78 Å². The highest BCUT2D eigenvalue weighted by atomic mass is 19.2. The van der Waals surface area contributed by atoms with Crippen molar-refractivity contribution >= 4 is 0 Å². The van der Waals surface area contributed by atoms with Gasteiger partial charge >= 0.3 is 0 Å². The molecule has 0 aliphatic heterocycles. The number of ether oxygens (including phenoxy) is 2. The van der Waals surface area contributed by atoms with Crippen LogP contribution in [0.3, 0.4) is 0 Å². The molecule has 112 valence electrons. The molecule has 0 bridgehead atoms. The minimum atomic E-state index is -0.983. The van der Waals surface area contributed by atoms with Gasteiger partial charge in [-0.15, -0.1) is 0 Å². The zero-order valence-electron chi connectivity index (χ0n) is 12.0. The molecule has 0 saturated heterocycles. The van der Waals surface area contributed by atoms with Crippen molar-refractivity contribution in [2.75, 3.05) is 14.2 Å². The fourth-order valence-electron chi connectivity index (χ4n) is 2.01. The van der Waals surface area contributed by atoms with Gasteiger partial charge in [0.15, 0.2) is 11.6 Å². The Bertz CT molecular complexity index is 617. The third kappa shape index (κ3) is 3.70. The van der Waals surface area contributed by atoms with E-state index in [-0.39, 0.29) is 12.4 Å². The van der Waals surface area contributed by atoms with Crippen molar-refractivity contribution in [3.63, 3.8) is 0 Å². The lowest BCUT2D eigenvalue weighted by atomic mass is 10.1. The maximum Gasteiger partial charge on any atom is 0.200 e. The molecule has 0 radical (unpaired) electrons. The zero-order chi connectivity index (χ0) is 15.2. The van der Waals surface area contributed by atoms with E-state index in [1.54, 1.807) is 7.11 Å². The van der Waals surface area contributed by atoms with E-state index < -0.39 is 11.6 Å². The molecule has 0 heterocycles. The molecule has 0 amide bonds. The van der Waals surface area contributed by atoms with E-state index in [2.05, 4.69) is 5.32 Å². The summed E-state index contributed by atoms with van der Waals surface area (Å²) in [6.45, 7) is 0.798. The van der Waals surface area contributed by atoms with Gasteiger partial charge in [0.1, 0.15) is 12.4 Å². The monoisotopic (exact) mass is 293 g/mol. The van der Waals surface area contributed by atoms with Gasteiger partial charge in [-0.25, -0.2) is 4.39 Å². The normalized spacial score (nSPS) is 10.5. The first-order valence-corrected chi connectivity index (χ1v) is 6.53. The molecule has 0 aromatic heterocycles. The molecule has 1 N–H and O–H groups in total. The van der Waals surface area contributed by atoms with Crippen LogP contribution in [-0.4, -0.2) is 14.2 Å². The summed E-state index contributed by atoms with van der Waals surface area (Å²) in [6, 6.07) is 9.52. The zero-order valence-corrected chi connectivity index (χ0v) is 12.0. The van der Waals surface area contributed by atoms with E-state index in [1.165, 1.54) is 12.1 Å². The van der Waals surface area contributed by atoms with E-state index in [0.29, 0.717) is 12.3 Å². The summed E-state index contributed by atoms with van der Waals surface area (Å²) in [5.41, 5.74) is 1.82. The molecule has 3 nitrogen and oxygen atoms in total. The topological polar surface area (TPSA) is 30.5 Å². The molecular formula is C16H17F2NO2. The number of rotatable bonds is 6. The third-order valence-electron chi connectivity index (χ3n) is 3.03. The van der Waals surface area contributed by atoms with Crippen LogP contribution in [0.2, 0.25) is 0 Å². The number of methoxy groups -OCH3 is 1. The van der Waals surface area contributed by atoms with Crippen molar-refractivity contribution in [2.24, 2.45) is 0 Å². The Labute approximate surface area is 122 Å². The highest BCUT2D eigenvalue weighted by molar-refractivity contribution is 5.37. The van der Waals surface area contributed by atoms with Crippen molar-refractivity contribution in [3.05, 3.63) is 59.2 Å². The maximum atomic E-state index is 13.5. The molecule has 0 aliphatic carbocycles. The van der Waals surface area contributed by atoms with E-state index >= 15 is 0 Å². The van der Waals surface area contributed by atoms with Gasteiger partial charge in [0.2, 0.25) is 5.82 Å². The summed E-state index contributed by atoms with van der Waals surface area (Å²) >= 11 is 0. The minimum absolute atomic E-state index is 0.0983. The van der Waals surface area contributed by atoms with Crippen LogP contribution in [0.15, 0.2) is 36.4 Å². The minimum Gasteiger partial charge on any atom is -0.496 e. The third-order valence-corrected chi connectivity index (χ3v) is 3.03. The summed E-state index contributed by atoms with van der Waals surface area (Å²) in [6.07, 6.45) is 0. The quantitative estimate of drug-likeness (QED) is 0.886. The average Bonchev–Trinajstić information content (AvgIpc) is 2.49. The van der Waals surface area contributed by atoms with Crippen LogP contribution in [0.25, 0.3) is 0 Å². The van der Waals surface area contributed by atoms with Gasteiger partial charge in [0.25, 0.3) is 0 Å². The SMILES string of the molecule is CNCc1ccc(OC)c(COc2cccc(F)c2F)c1. The lowest BCUT2D eigenvalue weighted by molar-refractivity contribution is 0.277. The number of benzene rings is 2. The maximum absolute atomic E-state index is 13.5. The molecule has 5 heteroatoms. The van der Waals surface area contributed by atoms with Crippen LogP contribution < -0.4 is 14.8 Å². The smallest absolute Gasteiger partial charge is 0.200 e. The standard InChI is InChI=1S/C16H17F2NO2/c1-19-9-11-6-7-14(20-2)12(8-11)10-21-15-5-3-4-13(17)16(15)18/h3-8,19H,9-10H2,1-2H3. The summed E-state index contributed by atoms with van der Waals surface area (Å²) < 4.78 is 37.3. The molecule has 0 unspecified atom stereocenters. The average molecular weight is 293 g/mol. The highest BCUT2D eigenvalue weighted by Crippen LogP contribution is 2.24. The molecule has 0 saturated carbocycles. The number of halogens is 2. The molecule has 2 aromatic rings. The molecule has 0 spiro atoms.